The van der Waals surface area contributed by atoms with Crippen LogP contribution in [-0.2, 0) is 10.0 Å². The first-order valence-electron chi connectivity index (χ1n) is 4.73. The molecule has 108 valence electrons. The van der Waals surface area contributed by atoms with E-state index in [2.05, 4.69) is 31.9 Å². The molecule has 0 aliphatic rings. The van der Waals surface area contributed by atoms with E-state index in [0.29, 0.717) is 4.47 Å². The van der Waals surface area contributed by atoms with Gasteiger partial charge in [-0.15, -0.1) is 0 Å². The molecule has 0 saturated heterocycles. The molecule has 0 radical (unpaired) electrons. The maximum Gasteiger partial charge on any atom is 0.415 e. The monoisotopic (exact) mass is 425 g/mol. The van der Waals surface area contributed by atoms with Crippen molar-refractivity contribution in [2.24, 2.45) is 0 Å². The van der Waals surface area contributed by atoms with Crippen LogP contribution in [0.1, 0.15) is 0 Å². The van der Waals surface area contributed by atoms with Crippen molar-refractivity contribution < 1.29 is 26.7 Å². The van der Waals surface area contributed by atoms with Crippen molar-refractivity contribution in [2.75, 3.05) is 6.54 Å². The van der Waals surface area contributed by atoms with Gasteiger partial charge in [-0.3, -0.25) is 0 Å². The Morgan fingerprint density at radius 2 is 1.89 bits per heavy atom. The number of rotatable bonds is 4. The summed E-state index contributed by atoms with van der Waals surface area (Å²) >= 11 is 6.05. The molecule has 1 rings (SSSR count). The average Bonchev–Trinajstić information content (AvgIpc) is 2.28. The van der Waals surface area contributed by atoms with Gasteiger partial charge < -0.3 is 5.11 Å². The Labute approximate surface area is 124 Å². The largest absolute Gasteiger partial charge is 0.415 e. The summed E-state index contributed by atoms with van der Waals surface area (Å²) in [6.45, 7) is -1.15. The Morgan fingerprint density at radius 1 is 1.32 bits per heavy atom. The van der Waals surface area contributed by atoms with Crippen LogP contribution in [0.15, 0.2) is 32.0 Å². The third-order valence-corrected chi connectivity index (χ3v) is 4.94. The van der Waals surface area contributed by atoms with E-state index >= 15 is 0 Å². The lowest BCUT2D eigenvalue weighted by Gasteiger charge is -2.15. The number of aliphatic hydroxyl groups excluding tert-OH is 1. The second-order valence-electron chi connectivity index (χ2n) is 3.48. The Bertz CT molecular complexity index is 562. The summed E-state index contributed by atoms with van der Waals surface area (Å²) in [6, 6.07) is 4.22. The number of aliphatic hydroxyl groups is 1. The van der Waals surface area contributed by atoms with Gasteiger partial charge in [0.1, 0.15) is 0 Å². The number of hydrogen-bond acceptors (Lipinski definition) is 3. The lowest BCUT2D eigenvalue weighted by atomic mass is 10.4. The molecule has 1 aromatic carbocycles. The van der Waals surface area contributed by atoms with E-state index in [-0.39, 0.29) is 9.37 Å². The summed E-state index contributed by atoms with van der Waals surface area (Å²) in [7, 11) is -4.16. The molecule has 1 unspecified atom stereocenters. The van der Waals surface area contributed by atoms with Gasteiger partial charge in [0.25, 0.3) is 0 Å². The predicted molar refractivity (Wildman–Crippen MR) is 69.1 cm³/mol. The number of halogens is 5. The van der Waals surface area contributed by atoms with Crippen LogP contribution < -0.4 is 4.72 Å². The minimum absolute atomic E-state index is 0.199. The van der Waals surface area contributed by atoms with Crippen molar-refractivity contribution in [1.29, 1.82) is 0 Å². The van der Waals surface area contributed by atoms with Crippen molar-refractivity contribution in [3.8, 4) is 0 Å². The fraction of sp³-hybridized carbons (Fsp3) is 0.333. The summed E-state index contributed by atoms with van der Waals surface area (Å²) in [5, 5.41) is 8.75. The van der Waals surface area contributed by atoms with Crippen LogP contribution in [0, 0.1) is 0 Å². The van der Waals surface area contributed by atoms with E-state index in [1.54, 1.807) is 10.8 Å². The molecule has 10 heteroatoms. The smallest absolute Gasteiger partial charge is 0.382 e. The first-order valence-corrected chi connectivity index (χ1v) is 7.80. The molecule has 4 nitrogen and oxygen atoms in total. The van der Waals surface area contributed by atoms with Crippen molar-refractivity contribution >= 4 is 41.9 Å². The molecule has 0 bridgehead atoms. The van der Waals surface area contributed by atoms with Gasteiger partial charge in [-0.1, -0.05) is 15.9 Å². The van der Waals surface area contributed by atoms with Crippen LogP contribution in [-0.4, -0.2) is 32.3 Å². The fourth-order valence-corrected chi connectivity index (χ4v) is 3.60. The van der Waals surface area contributed by atoms with E-state index in [0.717, 1.165) is 0 Å². The highest BCUT2D eigenvalue weighted by atomic mass is 79.9. The summed E-state index contributed by atoms with van der Waals surface area (Å²) in [4.78, 5) is -0.226. The molecular formula is C9H8Br2F3NO3S. The second kappa shape index (κ2) is 6.08. The van der Waals surface area contributed by atoms with E-state index in [9.17, 15) is 21.6 Å². The normalized spacial score (nSPS) is 14.4. The lowest BCUT2D eigenvalue weighted by molar-refractivity contribution is -0.200. The van der Waals surface area contributed by atoms with Crippen LogP contribution >= 0.6 is 31.9 Å². The predicted octanol–water partition coefficient (Wildman–Crippen LogP) is 2.41. The SMILES string of the molecule is O=S(=O)(NCC(O)C(F)(F)F)c1cc(Br)ccc1Br. The number of alkyl halides is 3. The van der Waals surface area contributed by atoms with Gasteiger partial charge in [-0.2, -0.15) is 13.2 Å². The van der Waals surface area contributed by atoms with Gasteiger partial charge in [-0.05, 0) is 34.1 Å². The Hall–Kier alpha value is -0.160. The van der Waals surface area contributed by atoms with E-state index < -0.39 is 28.8 Å². The molecule has 0 aliphatic carbocycles. The number of nitrogens with one attached hydrogen (secondary N) is 1. The van der Waals surface area contributed by atoms with E-state index in [4.69, 9.17) is 5.11 Å². The van der Waals surface area contributed by atoms with Crippen LogP contribution in [0.25, 0.3) is 0 Å². The quantitative estimate of drug-likeness (QED) is 0.776. The molecule has 1 aromatic rings. The Balaban J connectivity index is 2.91. The van der Waals surface area contributed by atoms with Gasteiger partial charge in [0.2, 0.25) is 10.0 Å². The highest BCUT2D eigenvalue weighted by molar-refractivity contribution is 9.11. The van der Waals surface area contributed by atoms with E-state index in [1.165, 1.54) is 12.1 Å². The number of benzene rings is 1. The van der Waals surface area contributed by atoms with Gasteiger partial charge in [0.15, 0.2) is 6.10 Å². The van der Waals surface area contributed by atoms with Gasteiger partial charge >= 0.3 is 6.18 Å². The topological polar surface area (TPSA) is 66.4 Å². The molecule has 2 N–H and O–H groups in total. The molecule has 0 heterocycles. The Kier molecular flexibility index (Phi) is 5.41. The maximum atomic E-state index is 12.1. The maximum absolute atomic E-state index is 12.1. The first-order chi connectivity index (χ1) is 8.54. The zero-order valence-electron chi connectivity index (χ0n) is 9.08. The molecule has 0 amide bonds. The van der Waals surface area contributed by atoms with Gasteiger partial charge in [-0.25, -0.2) is 13.1 Å². The summed E-state index contributed by atoms with van der Waals surface area (Å²) < 4.78 is 62.1. The van der Waals surface area contributed by atoms with Crippen LogP contribution in [0.5, 0.6) is 0 Å². The minimum Gasteiger partial charge on any atom is -0.382 e. The number of sulfonamides is 1. The molecule has 19 heavy (non-hydrogen) atoms. The summed E-state index contributed by atoms with van der Waals surface area (Å²) in [6.07, 6.45) is -7.63. The van der Waals surface area contributed by atoms with Crippen molar-refractivity contribution in [3.05, 3.63) is 27.1 Å². The lowest BCUT2D eigenvalue weighted by Crippen LogP contribution is -2.40. The summed E-state index contributed by atoms with van der Waals surface area (Å²) in [5.74, 6) is 0. The van der Waals surface area contributed by atoms with Crippen molar-refractivity contribution in [3.63, 3.8) is 0 Å². The molecule has 0 saturated carbocycles. The third-order valence-electron chi connectivity index (χ3n) is 2.03. The highest BCUT2D eigenvalue weighted by Crippen LogP contribution is 2.26. The van der Waals surface area contributed by atoms with Crippen molar-refractivity contribution in [2.45, 2.75) is 17.2 Å². The number of hydrogen-bond donors (Lipinski definition) is 2. The van der Waals surface area contributed by atoms with Crippen LogP contribution in [0.3, 0.4) is 0 Å². The minimum atomic E-state index is -4.88. The zero-order valence-corrected chi connectivity index (χ0v) is 13.1. The highest BCUT2D eigenvalue weighted by Gasteiger charge is 2.38. The molecule has 0 aromatic heterocycles. The van der Waals surface area contributed by atoms with E-state index in [1.807, 2.05) is 0 Å². The second-order valence-corrected chi connectivity index (χ2v) is 6.99. The van der Waals surface area contributed by atoms with Crippen LogP contribution in [0.4, 0.5) is 13.2 Å². The van der Waals surface area contributed by atoms with Gasteiger partial charge in [0.05, 0.1) is 4.90 Å². The third kappa shape index (κ3) is 4.71. The summed E-state index contributed by atoms with van der Waals surface area (Å²) in [5.41, 5.74) is 0. The van der Waals surface area contributed by atoms with Gasteiger partial charge in [0, 0.05) is 15.5 Å². The molecular weight excluding hydrogens is 419 g/mol. The van der Waals surface area contributed by atoms with Crippen molar-refractivity contribution in [1.82, 2.24) is 4.72 Å². The average molecular weight is 427 g/mol. The first kappa shape index (κ1) is 16.9. The van der Waals surface area contributed by atoms with Crippen LogP contribution in [0.2, 0.25) is 0 Å². The molecule has 0 aliphatic heterocycles. The zero-order chi connectivity index (χ0) is 14.8. The molecule has 0 fully saturated rings. The molecule has 0 spiro atoms. The Morgan fingerprint density at radius 3 is 2.42 bits per heavy atom. The standard InChI is InChI=1S/C9H8Br2F3NO3S/c10-5-1-2-6(11)7(3-5)19(17,18)15-4-8(16)9(12,13)14/h1-3,8,15-16H,4H2. The molecule has 1 atom stereocenters. The fourth-order valence-electron chi connectivity index (χ4n) is 1.07.